The molecule has 0 aromatic carbocycles. The van der Waals surface area contributed by atoms with Gasteiger partial charge in [0.1, 0.15) is 0 Å². The van der Waals surface area contributed by atoms with Crippen molar-refractivity contribution in [2.24, 2.45) is 5.41 Å². The van der Waals surface area contributed by atoms with E-state index in [0.717, 1.165) is 19.3 Å². The molecule has 0 aliphatic carbocycles. The van der Waals surface area contributed by atoms with Crippen LogP contribution in [-0.4, -0.2) is 11.1 Å². The van der Waals surface area contributed by atoms with Gasteiger partial charge in [-0.25, -0.2) is 0 Å². The molecule has 1 radical (unpaired) electrons. The Labute approximate surface area is 96.6 Å². The summed E-state index contributed by atoms with van der Waals surface area (Å²) in [5, 5.41) is 8.37. The predicted octanol–water partition coefficient (Wildman–Crippen LogP) is 3.07. The maximum absolute atomic E-state index is 10.2. The van der Waals surface area contributed by atoms with Gasteiger partial charge in [-0.3, -0.25) is 4.79 Å². The fourth-order valence-corrected chi connectivity index (χ4v) is 1.11. The van der Waals surface area contributed by atoms with Crippen LogP contribution in [0.3, 0.4) is 0 Å². The Morgan fingerprint density at radius 2 is 1.69 bits per heavy atom. The van der Waals surface area contributed by atoms with Gasteiger partial charge in [-0.1, -0.05) is 33.6 Å². The number of hydrogen-bond donors (Lipinski definition) is 1. The fourth-order valence-electron chi connectivity index (χ4n) is 1.11. The van der Waals surface area contributed by atoms with Crippen molar-refractivity contribution in [2.45, 2.75) is 52.9 Å². The first kappa shape index (κ1) is 15.7. The summed E-state index contributed by atoms with van der Waals surface area (Å²) < 4.78 is 0. The number of unbranched alkanes of at least 4 members (excludes halogenated alkanes) is 2. The van der Waals surface area contributed by atoms with E-state index in [1.807, 2.05) is 0 Å². The van der Waals surface area contributed by atoms with Gasteiger partial charge < -0.3 is 5.11 Å². The van der Waals surface area contributed by atoms with Crippen LogP contribution >= 0.6 is 0 Å². The van der Waals surface area contributed by atoms with Gasteiger partial charge in [-0.05, 0) is 18.3 Å². The third kappa shape index (κ3) is 15.0. The Morgan fingerprint density at radius 1 is 1.15 bits per heavy atom. The molecule has 2 nitrogen and oxygen atoms in total. The molecule has 0 spiro atoms. The Bertz CT molecular complexity index is 138. The zero-order chi connectivity index (χ0) is 9.61. The summed E-state index contributed by atoms with van der Waals surface area (Å²) in [6, 6.07) is 0. The number of carboxylic acids is 1. The summed E-state index contributed by atoms with van der Waals surface area (Å²) in [5.74, 6) is -0.675. The van der Waals surface area contributed by atoms with Crippen molar-refractivity contribution in [3.05, 3.63) is 0 Å². The van der Waals surface area contributed by atoms with Crippen molar-refractivity contribution < 1.29 is 32.3 Å². The summed E-state index contributed by atoms with van der Waals surface area (Å²) in [5.41, 5.74) is 0.392. The first-order chi connectivity index (χ1) is 5.42. The normalized spacial score (nSPS) is 10.7. The third-order valence-corrected chi connectivity index (χ3v) is 1.82. The zero-order valence-electron chi connectivity index (χ0n) is 8.69. The van der Waals surface area contributed by atoms with Crippen molar-refractivity contribution in [3.63, 3.8) is 0 Å². The predicted molar refractivity (Wildman–Crippen MR) is 50.2 cm³/mol. The van der Waals surface area contributed by atoms with Crippen LogP contribution in [0.1, 0.15) is 52.9 Å². The second-order valence-electron chi connectivity index (χ2n) is 4.52. The fraction of sp³-hybridized carbons (Fsp3) is 0.900. The van der Waals surface area contributed by atoms with Crippen LogP contribution in [-0.2, 0) is 27.2 Å². The average molecular weight is 369 g/mol. The molecule has 0 heterocycles. The first-order valence-electron chi connectivity index (χ1n) is 4.63. The molecular formula is C10H20AuO2. The van der Waals surface area contributed by atoms with Crippen molar-refractivity contribution >= 4 is 5.97 Å². The van der Waals surface area contributed by atoms with Crippen LogP contribution in [0.25, 0.3) is 0 Å². The SMILES string of the molecule is CC(C)(C)CCCCCC(=O)O.[Au]. The second kappa shape index (κ2) is 7.60. The maximum atomic E-state index is 10.2. The molecule has 0 aromatic heterocycles. The molecule has 3 heteroatoms. The molecule has 0 amide bonds. The Hall–Kier alpha value is 0.210. The second-order valence-corrected chi connectivity index (χ2v) is 4.52. The molecule has 0 saturated heterocycles. The van der Waals surface area contributed by atoms with E-state index >= 15 is 0 Å². The summed E-state index contributed by atoms with van der Waals surface area (Å²) in [4.78, 5) is 10.2. The van der Waals surface area contributed by atoms with Gasteiger partial charge >= 0.3 is 5.97 Å². The van der Waals surface area contributed by atoms with Crippen molar-refractivity contribution in [1.29, 1.82) is 0 Å². The van der Waals surface area contributed by atoms with E-state index in [1.165, 1.54) is 6.42 Å². The van der Waals surface area contributed by atoms with Gasteiger partial charge in [0, 0.05) is 28.8 Å². The average Bonchev–Trinajstić information content (AvgIpc) is 1.83. The Balaban J connectivity index is 0. The van der Waals surface area contributed by atoms with E-state index in [9.17, 15) is 4.79 Å². The Kier molecular flexibility index (Phi) is 9.16. The van der Waals surface area contributed by atoms with E-state index in [4.69, 9.17) is 5.11 Å². The van der Waals surface area contributed by atoms with E-state index in [-0.39, 0.29) is 22.4 Å². The molecule has 0 fully saturated rings. The van der Waals surface area contributed by atoms with Gasteiger partial charge in [0.05, 0.1) is 0 Å². The van der Waals surface area contributed by atoms with Crippen molar-refractivity contribution in [1.82, 2.24) is 0 Å². The molecule has 1 N–H and O–H groups in total. The number of hydrogen-bond acceptors (Lipinski definition) is 1. The van der Waals surface area contributed by atoms with Crippen molar-refractivity contribution in [3.8, 4) is 0 Å². The molecular weight excluding hydrogens is 349 g/mol. The van der Waals surface area contributed by atoms with Crippen LogP contribution in [0.2, 0.25) is 0 Å². The van der Waals surface area contributed by atoms with E-state index in [1.54, 1.807) is 0 Å². The first-order valence-corrected chi connectivity index (χ1v) is 4.63. The summed E-state index contributed by atoms with van der Waals surface area (Å²) in [7, 11) is 0. The van der Waals surface area contributed by atoms with E-state index in [0.29, 0.717) is 11.8 Å². The van der Waals surface area contributed by atoms with Gasteiger partial charge in [-0.15, -0.1) is 0 Å². The molecule has 0 aliphatic rings. The molecule has 0 aliphatic heterocycles. The quantitative estimate of drug-likeness (QED) is 0.598. The van der Waals surface area contributed by atoms with Gasteiger partial charge in [0.2, 0.25) is 0 Å². The minimum atomic E-state index is -0.675. The van der Waals surface area contributed by atoms with Crippen LogP contribution in [0.4, 0.5) is 0 Å². The number of rotatable bonds is 5. The topological polar surface area (TPSA) is 37.3 Å². The zero-order valence-corrected chi connectivity index (χ0v) is 10.9. The summed E-state index contributed by atoms with van der Waals surface area (Å²) in [6.45, 7) is 6.64. The molecule has 0 unspecified atom stereocenters. The van der Waals surface area contributed by atoms with Crippen LogP contribution in [0, 0.1) is 5.41 Å². The maximum Gasteiger partial charge on any atom is 0.303 e. The minimum absolute atomic E-state index is 0. The third-order valence-electron chi connectivity index (χ3n) is 1.82. The van der Waals surface area contributed by atoms with Gasteiger partial charge in [0.25, 0.3) is 0 Å². The Morgan fingerprint density at radius 3 is 2.08 bits per heavy atom. The number of aliphatic carboxylic acids is 1. The molecule has 13 heavy (non-hydrogen) atoms. The minimum Gasteiger partial charge on any atom is -0.481 e. The van der Waals surface area contributed by atoms with Crippen LogP contribution in [0.15, 0.2) is 0 Å². The molecule has 0 saturated carbocycles. The van der Waals surface area contributed by atoms with Crippen molar-refractivity contribution in [2.75, 3.05) is 0 Å². The summed E-state index contributed by atoms with van der Waals surface area (Å²) >= 11 is 0. The van der Waals surface area contributed by atoms with Gasteiger partial charge in [-0.2, -0.15) is 0 Å². The standard InChI is InChI=1S/C10H20O2.Au/c1-10(2,3)8-6-4-5-7-9(11)12;/h4-8H2,1-3H3,(H,11,12);. The molecule has 0 bridgehead atoms. The van der Waals surface area contributed by atoms with E-state index in [2.05, 4.69) is 20.8 Å². The molecule has 0 aromatic rings. The monoisotopic (exact) mass is 369 g/mol. The molecule has 83 valence electrons. The van der Waals surface area contributed by atoms with Crippen LogP contribution in [0.5, 0.6) is 0 Å². The number of carboxylic acid groups (broad SMARTS) is 1. The summed E-state index contributed by atoms with van der Waals surface area (Å²) in [6.07, 6.45) is 4.53. The van der Waals surface area contributed by atoms with Gasteiger partial charge in [0.15, 0.2) is 0 Å². The molecule has 0 rings (SSSR count). The van der Waals surface area contributed by atoms with Crippen LogP contribution < -0.4 is 0 Å². The number of carbonyl (C=O) groups is 1. The smallest absolute Gasteiger partial charge is 0.303 e. The molecule has 0 atom stereocenters. The largest absolute Gasteiger partial charge is 0.481 e. The van der Waals surface area contributed by atoms with E-state index < -0.39 is 5.97 Å².